The van der Waals surface area contributed by atoms with E-state index in [0.29, 0.717) is 6.42 Å². The molecule has 0 bridgehead atoms. The molecule has 1 aliphatic heterocycles. The molecule has 2 unspecified atom stereocenters. The summed E-state index contributed by atoms with van der Waals surface area (Å²) in [6, 6.07) is 28.5. The van der Waals surface area contributed by atoms with Gasteiger partial charge >= 0.3 is 0 Å². The molecular weight excluding hydrogens is 372 g/mol. The molecule has 5 nitrogen and oxygen atoms in total. The van der Waals surface area contributed by atoms with Crippen LogP contribution >= 0.6 is 0 Å². The predicted molar refractivity (Wildman–Crippen MR) is 121 cm³/mol. The van der Waals surface area contributed by atoms with Crippen molar-refractivity contribution in [2.45, 2.75) is 18.5 Å². The first-order valence-corrected chi connectivity index (χ1v) is 10.1. The SMILES string of the molecule is O=C(N/N=C/c1c2ccccc2cc2ccccc12)C1CC(c2ccccc2)NN1. The summed E-state index contributed by atoms with van der Waals surface area (Å²) >= 11 is 0. The van der Waals surface area contributed by atoms with Crippen molar-refractivity contribution in [3.05, 3.63) is 96.1 Å². The molecule has 5 rings (SSSR count). The zero-order valence-electron chi connectivity index (χ0n) is 16.4. The summed E-state index contributed by atoms with van der Waals surface area (Å²) < 4.78 is 0. The highest BCUT2D eigenvalue weighted by atomic mass is 16.2. The average molecular weight is 394 g/mol. The number of amides is 1. The number of hydrazine groups is 1. The summed E-state index contributed by atoms with van der Waals surface area (Å²) in [6.45, 7) is 0. The van der Waals surface area contributed by atoms with E-state index in [0.717, 1.165) is 32.7 Å². The normalized spacial score (nSPS) is 18.9. The second-order valence-corrected chi connectivity index (χ2v) is 7.51. The number of hydrazone groups is 1. The largest absolute Gasteiger partial charge is 0.271 e. The minimum atomic E-state index is -0.336. The zero-order chi connectivity index (χ0) is 20.3. The minimum absolute atomic E-state index is 0.105. The van der Waals surface area contributed by atoms with Gasteiger partial charge in [0, 0.05) is 11.6 Å². The fourth-order valence-electron chi connectivity index (χ4n) is 4.06. The Morgan fingerprint density at radius 1 is 0.867 bits per heavy atom. The zero-order valence-corrected chi connectivity index (χ0v) is 16.4. The van der Waals surface area contributed by atoms with Crippen molar-refractivity contribution in [3.63, 3.8) is 0 Å². The number of hydrogen-bond donors (Lipinski definition) is 3. The van der Waals surface area contributed by atoms with Crippen LogP contribution in [0.3, 0.4) is 0 Å². The highest BCUT2D eigenvalue weighted by Gasteiger charge is 2.29. The van der Waals surface area contributed by atoms with Crippen molar-refractivity contribution >= 4 is 33.7 Å². The number of nitrogens with zero attached hydrogens (tertiary/aromatic N) is 1. The molecule has 2 atom stereocenters. The van der Waals surface area contributed by atoms with Crippen LogP contribution in [0.2, 0.25) is 0 Å². The van der Waals surface area contributed by atoms with Gasteiger partial charge in [-0.25, -0.2) is 16.3 Å². The number of fused-ring (bicyclic) bond motifs is 2. The molecule has 1 fully saturated rings. The molecule has 0 saturated carbocycles. The average Bonchev–Trinajstić information content (AvgIpc) is 3.30. The molecule has 3 N–H and O–H groups in total. The van der Waals surface area contributed by atoms with E-state index in [2.05, 4.69) is 63.8 Å². The third kappa shape index (κ3) is 3.56. The maximum absolute atomic E-state index is 12.6. The Hall–Kier alpha value is -3.54. The van der Waals surface area contributed by atoms with E-state index in [1.165, 1.54) is 0 Å². The van der Waals surface area contributed by atoms with Gasteiger partial charge in [0.05, 0.1) is 6.21 Å². The second kappa shape index (κ2) is 8.06. The smallest absolute Gasteiger partial charge is 0.258 e. The van der Waals surface area contributed by atoms with Gasteiger partial charge in [-0.2, -0.15) is 5.10 Å². The monoisotopic (exact) mass is 394 g/mol. The van der Waals surface area contributed by atoms with Gasteiger partial charge in [0.15, 0.2) is 0 Å². The highest BCUT2D eigenvalue weighted by molar-refractivity contribution is 6.13. The first-order chi connectivity index (χ1) is 14.8. The van der Waals surface area contributed by atoms with Crippen molar-refractivity contribution in [2.24, 2.45) is 5.10 Å². The number of nitrogens with one attached hydrogen (secondary N) is 3. The van der Waals surface area contributed by atoms with E-state index in [1.807, 2.05) is 42.5 Å². The molecule has 1 aliphatic rings. The quantitative estimate of drug-likeness (QED) is 0.278. The molecule has 5 heteroatoms. The van der Waals surface area contributed by atoms with E-state index >= 15 is 0 Å². The van der Waals surface area contributed by atoms with Crippen LogP contribution in [0.5, 0.6) is 0 Å². The van der Waals surface area contributed by atoms with Crippen LogP contribution in [0.1, 0.15) is 23.6 Å². The van der Waals surface area contributed by atoms with Gasteiger partial charge in [0.2, 0.25) is 0 Å². The fourth-order valence-corrected chi connectivity index (χ4v) is 4.06. The molecule has 0 radical (unpaired) electrons. The van der Waals surface area contributed by atoms with E-state index in [9.17, 15) is 4.79 Å². The molecule has 0 aliphatic carbocycles. The van der Waals surface area contributed by atoms with Gasteiger partial charge in [0.25, 0.3) is 5.91 Å². The Kier molecular flexibility index (Phi) is 4.97. The number of carbonyl (C=O) groups excluding carboxylic acids is 1. The Balaban J connectivity index is 1.35. The molecule has 1 heterocycles. The summed E-state index contributed by atoms with van der Waals surface area (Å²) in [5.41, 5.74) is 11.1. The molecule has 0 aromatic heterocycles. The maximum Gasteiger partial charge on any atom is 0.258 e. The number of rotatable bonds is 4. The molecule has 1 amide bonds. The number of carbonyl (C=O) groups is 1. The van der Waals surface area contributed by atoms with E-state index in [-0.39, 0.29) is 18.0 Å². The lowest BCUT2D eigenvalue weighted by atomic mass is 9.97. The van der Waals surface area contributed by atoms with E-state index < -0.39 is 0 Å². The summed E-state index contributed by atoms with van der Waals surface area (Å²) in [7, 11) is 0. The lowest BCUT2D eigenvalue weighted by molar-refractivity contribution is -0.122. The summed E-state index contributed by atoms with van der Waals surface area (Å²) in [5, 5.41) is 8.81. The fraction of sp³-hybridized carbons (Fsp3) is 0.120. The van der Waals surface area contributed by atoms with Crippen LogP contribution in [0, 0.1) is 0 Å². The maximum atomic E-state index is 12.6. The predicted octanol–water partition coefficient (Wildman–Crippen LogP) is 4.05. The van der Waals surface area contributed by atoms with Crippen LogP contribution in [-0.4, -0.2) is 18.2 Å². The summed E-state index contributed by atoms with van der Waals surface area (Å²) in [4.78, 5) is 12.6. The molecule has 4 aromatic rings. The van der Waals surface area contributed by atoms with Gasteiger partial charge in [-0.1, -0.05) is 78.9 Å². The number of hydrogen-bond acceptors (Lipinski definition) is 4. The number of benzene rings is 4. The topological polar surface area (TPSA) is 65.5 Å². The van der Waals surface area contributed by atoms with Gasteiger partial charge in [0.1, 0.15) is 6.04 Å². The Morgan fingerprint density at radius 2 is 1.50 bits per heavy atom. The minimum Gasteiger partial charge on any atom is -0.271 e. The van der Waals surface area contributed by atoms with Gasteiger partial charge in [-0.05, 0) is 39.6 Å². The third-order valence-corrected chi connectivity index (χ3v) is 5.60. The van der Waals surface area contributed by atoms with Crippen molar-refractivity contribution in [1.82, 2.24) is 16.3 Å². The van der Waals surface area contributed by atoms with Crippen LogP contribution in [-0.2, 0) is 4.79 Å². The van der Waals surface area contributed by atoms with Crippen molar-refractivity contribution < 1.29 is 4.79 Å². The highest BCUT2D eigenvalue weighted by Crippen LogP contribution is 2.27. The summed E-state index contributed by atoms with van der Waals surface area (Å²) in [5.74, 6) is -0.151. The molecular formula is C25H22N4O. The summed E-state index contributed by atoms with van der Waals surface area (Å²) in [6.07, 6.45) is 2.42. The second-order valence-electron chi connectivity index (χ2n) is 7.51. The Bertz CT molecular complexity index is 1180. The lowest BCUT2D eigenvalue weighted by Gasteiger charge is -2.09. The van der Waals surface area contributed by atoms with Crippen LogP contribution in [0.15, 0.2) is 90.0 Å². The Morgan fingerprint density at radius 3 is 2.20 bits per heavy atom. The standard InChI is InChI=1S/C25H22N4O/c30-25(24-15-23(27-28-24)17-8-2-1-3-9-17)29-26-16-22-20-12-6-4-10-18(20)14-19-11-5-7-13-21(19)22/h1-14,16,23-24,27-28H,15H2,(H,29,30)/b26-16+. The Labute approximate surface area is 174 Å². The molecule has 1 saturated heterocycles. The first-order valence-electron chi connectivity index (χ1n) is 10.1. The van der Waals surface area contributed by atoms with Gasteiger partial charge < -0.3 is 0 Å². The molecule has 0 spiro atoms. The third-order valence-electron chi connectivity index (χ3n) is 5.60. The van der Waals surface area contributed by atoms with Crippen LogP contribution in [0.25, 0.3) is 21.5 Å². The lowest BCUT2D eigenvalue weighted by Crippen LogP contribution is -2.41. The van der Waals surface area contributed by atoms with Crippen molar-refractivity contribution in [1.29, 1.82) is 0 Å². The first kappa shape index (κ1) is 18.5. The molecule has 4 aromatic carbocycles. The van der Waals surface area contributed by atoms with Crippen LogP contribution < -0.4 is 16.3 Å². The van der Waals surface area contributed by atoms with Crippen molar-refractivity contribution in [3.8, 4) is 0 Å². The van der Waals surface area contributed by atoms with Crippen molar-refractivity contribution in [2.75, 3.05) is 0 Å². The van der Waals surface area contributed by atoms with Gasteiger partial charge in [-0.3, -0.25) is 4.79 Å². The van der Waals surface area contributed by atoms with E-state index in [4.69, 9.17) is 0 Å². The molecule has 30 heavy (non-hydrogen) atoms. The molecule has 148 valence electrons. The van der Waals surface area contributed by atoms with E-state index in [1.54, 1.807) is 6.21 Å². The van der Waals surface area contributed by atoms with Crippen LogP contribution in [0.4, 0.5) is 0 Å². The van der Waals surface area contributed by atoms with Gasteiger partial charge in [-0.15, -0.1) is 0 Å².